The molecule has 4 nitrogen and oxygen atoms in total. The van der Waals surface area contributed by atoms with E-state index in [0.29, 0.717) is 16.6 Å². The number of rotatable bonds is 5. The minimum Gasteiger partial charge on any atom is -0.337 e. The van der Waals surface area contributed by atoms with E-state index in [4.69, 9.17) is 16.7 Å². The summed E-state index contributed by atoms with van der Waals surface area (Å²) in [6, 6.07) is 24.0. The molecule has 1 aliphatic rings. The van der Waals surface area contributed by atoms with Gasteiger partial charge in [0.15, 0.2) is 0 Å². The fourth-order valence-corrected chi connectivity index (χ4v) is 5.20. The fraction of sp³-hybridized carbons (Fsp3) is 0.231. The molecule has 1 fully saturated rings. The predicted molar refractivity (Wildman–Crippen MR) is 131 cm³/mol. The minimum absolute atomic E-state index is 0.0263. The first-order chi connectivity index (χ1) is 15.7. The second kappa shape index (κ2) is 9.31. The number of hydrogen-bond donors (Lipinski definition) is 0. The maximum absolute atomic E-state index is 13.6. The molecule has 1 amide bonds. The van der Waals surface area contributed by atoms with Crippen LogP contribution >= 0.6 is 22.9 Å². The van der Waals surface area contributed by atoms with E-state index in [1.54, 1.807) is 16.0 Å². The number of carbonyl (C=O) groups is 1. The number of carbonyl (C=O) groups excluding carboxylic acids is 1. The highest BCUT2D eigenvalue weighted by molar-refractivity contribution is 7.13. The average molecular weight is 462 g/mol. The Hall–Kier alpha value is -2.89. The molecule has 0 bridgehead atoms. The van der Waals surface area contributed by atoms with E-state index in [1.165, 1.54) is 5.56 Å². The van der Waals surface area contributed by atoms with Gasteiger partial charge in [0, 0.05) is 18.1 Å². The van der Waals surface area contributed by atoms with Gasteiger partial charge in [-0.3, -0.25) is 4.79 Å². The van der Waals surface area contributed by atoms with Crippen molar-refractivity contribution in [3.8, 4) is 16.3 Å². The second-order valence-electron chi connectivity index (χ2n) is 8.21. The molecule has 162 valence electrons. The van der Waals surface area contributed by atoms with Crippen LogP contribution in [0.2, 0.25) is 5.02 Å². The van der Waals surface area contributed by atoms with Crippen molar-refractivity contribution in [2.24, 2.45) is 5.92 Å². The van der Waals surface area contributed by atoms with E-state index in [1.807, 2.05) is 52.7 Å². The number of nitrogens with zero attached hydrogens (tertiary/aromatic N) is 3. The van der Waals surface area contributed by atoms with Gasteiger partial charge < -0.3 is 4.90 Å². The lowest BCUT2D eigenvalue weighted by Gasteiger charge is -2.32. The van der Waals surface area contributed by atoms with Gasteiger partial charge in [0.2, 0.25) is 0 Å². The third kappa shape index (κ3) is 4.50. The molecule has 0 aliphatic carbocycles. The molecule has 0 N–H and O–H groups in total. The highest BCUT2D eigenvalue weighted by atomic mass is 35.5. The lowest BCUT2D eigenvalue weighted by molar-refractivity contribution is 0.0681. The van der Waals surface area contributed by atoms with Gasteiger partial charge in [-0.15, -0.1) is 11.3 Å². The van der Waals surface area contributed by atoms with Gasteiger partial charge in [0.05, 0.1) is 10.6 Å². The van der Waals surface area contributed by atoms with E-state index < -0.39 is 0 Å². The van der Waals surface area contributed by atoms with Crippen LogP contribution in [0.1, 0.15) is 28.9 Å². The van der Waals surface area contributed by atoms with E-state index in [2.05, 4.69) is 30.3 Å². The monoisotopic (exact) mass is 461 g/mol. The fourth-order valence-electron chi connectivity index (χ4n) is 4.33. The number of halogens is 1. The normalized spacial score (nSPS) is 14.6. The summed E-state index contributed by atoms with van der Waals surface area (Å²) in [5.41, 5.74) is 3.55. The van der Waals surface area contributed by atoms with Crippen molar-refractivity contribution in [2.75, 3.05) is 13.1 Å². The van der Waals surface area contributed by atoms with Crippen molar-refractivity contribution in [2.45, 2.75) is 19.3 Å². The molecule has 2 aromatic heterocycles. The third-order valence-electron chi connectivity index (χ3n) is 6.02. The van der Waals surface area contributed by atoms with Crippen molar-refractivity contribution in [3.63, 3.8) is 0 Å². The first kappa shape index (κ1) is 21.0. The largest absolute Gasteiger partial charge is 0.337 e. The zero-order valence-electron chi connectivity index (χ0n) is 17.7. The Labute approximate surface area is 197 Å². The van der Waals surface area contributed by atoms with Crippen molar-refractivity contribution in [1.82, 2.24) is 14.7 Å². The molecule has 3 heterocycles. The van der Waals surface area contributed by atoms with Crippen LogP contribution in [0.4, 0.5) is 0 Å². The van der Waals surface area contributed by atoms with Crippen molar-refractivity contribution < 1.29 is 4.79 Å². The number of piperidine rings is 1. The van der Waals surface area contributed by atoms with Gasteiger partial charge in [-0.05, 0) is 66.5 Å². The van der Waals surface area contributed by atoms with Gasteiger partial charge in [0.1, 0.15) is 11.4 Å². The van der Waals surface area contributed by atoms with Gasteiger partial charge in [0.25, 0.3) is 5.91 Å². The molecule has 6 heteroatoms. The first-order valence-electron chi connectivity index (χ1n) is 10.9. The van der Waals surface area contributed by atoms with E-state index >= 15 is 0 Å². The Kier molecular flexibility index (Phi) is 6.10. The molecule has 0 radical (unpaired) electrons. The smallest absolute Gasteiger partial charge is 0.272 e. The van der Waals surface area contributed by atoms with Crippen LogP contribution in [-0.4, -0.2) is 33.7 Å². The lowest BCUT2D eigenvalue weighted by atomic mass is 9.90. The summed E-state index contributed by atoms with van der Waals surface area (Å²) in [6.07, 6.45) is 3.11. The molecule has 2 aromatic carbocycles. The van der Waals surface area contributed by atoms with Crippen LogP contribution in [0, 0.1) is 5.92 Å². The molecular weight excluding hydrogens is 438 g/mol. The van der Waals surface area contributed by atoms with Gasteiger partial charge >= 0.3 is 0 Å². The van der Waals surface area contributed by atoms with Gasteiger partial charge in [-0.1, -0.05) is 54.1 Å². The highest BCUT2D eigenvalue weighted by Gasteiger charge is 2.27. The summed E-state index contributed by atoms with van der Waals surface area (Å²) in [4.78, 5) is 16.6. The molecule has 0 atom stereocenters. The second-order valence-corrected chi connectivity index (χ2v) is 9.59. The summed E-state index contributed by atoms with van der Waals surface area (Å²) in [5, 5.41) is 7.41. The molecule has 1 aliphatic heterocycles. The topological polar surface area (TPSA) is 38.1 Å². The number of aromatic nitrogens is 2. The Morgan fingerprint density at radius 3 is 2.53 bits per heavy atom. The molecule has 5 rings (SSSR count). The molecular formula is C26H24ClN3OS. The van der Waals surface area contributed by atoms with E-state index in [0.717, 1.165) is 48.6 Å². The number of amides is 1. The summed E-state index contributed by atoms with van der Waals surface area (Å²) >= 11 is 7.85. The maximum Gasteiger partial charge on any atom is 0.272 e. The SMILES string of the molecule is O=C(c1cc(-c2cccs2)nn1-c1cccc(Cl)c1)N1CCC(Cc2ccccc2)CC1. The molecule has 32 heavy (non-hydrogen) atoms. The van der Waals surface area contributed by atoms with Gasteiger partial charge in [-0.2, -0.15) is 5.10 Å². The van der Waals surface area contributed by atoms with Crippen LogP contribution in [-0.2, 0) is 6.42 Å². The van der Waals surface area contributed by atoms with Crippen LogP contribution in [0.25, 0.3) is 16.3 Å². The van der Waals surface area contributed by atoms with Crippen molar-refractivity contribution >= 4 is 28.8 Å². The van der Waals surface area contributed by atoms with Gasteiger partial charge in [-0.25, -0.2) is 4.68 Å². The predicted octanol–water partition coefficient (Wildman–Crippen LogP) is 6.35. The number of thiophene rings is 1. The van der Waals surface area contributed by atoms with Crippen LogP contribution in [0.3, 0.4) is 0 Å². The maximum atomic E-state index is 13.6. The number of likely N-dealkylation sites (tertiary alicyclic amines) is 1. The molecule has 0 spiro atoms. The molecule has 0 unspecified atom stereocenters. The van der Waals surface area contributed by atoms with Crippen LogP contribution in [0.5, 0.6) is 0 Å². The zero-order chi connectivity index (χ0) is 21.9. The average Bonchev–Trinajstić information content (AvgIpc) is 3.50. The third-order valence-corrected chi connectivity index (χ3v) is 7.15. The quantitative estimate of drug-likeness (QED) is 0.347. The summed E-state index contributed by atoms with van der Waals surface area (Å²) in [6.45, 7) is 1.54. The molecule has 1 saturated heterocycles. The standard InChI is InChI=1S/C26H24ClN3OS/c27-21-8-4-9-22(17-21)30-24(18-23(28-30)25-10-5-15-32-25)26(31)29-13-11-20(12-14-29)16-19-6-2-1-3-7-19/h1-10,15,17-18,20H,11-14,16H2. The zero-order valence-corrected chi connectivity index (χ0v) is 19.2. The Morgan fingerprint density at radius 1 is 1.00 bits per heavy atom. The first-order valence-corrected chi connectivity index (χ1v) is 12.2. The Morgan fingerprint density at radius 2 is 1.81 bits per heavy atom. The summed E-state index contributed by atoms with van der Waals surface area (Å²) in [5.74, 6) is 0.638. The summed E-state index contributed by atoms with van der Waals surface area (Å²) < 4.78 is 1.74. The molecule has 0 saturated carbocycles. The van der Waals surface area contributed by atoms with Crippen molar-refractivity contribution in [1.29, 1.82) is 0 Å². The highest BCUT2D eigenvalue weighted by Crippen LogP contribution is 2.28. The lowest BCUT2D eigenvalue weighted by Crippen LogP contribution is -2.39. The number of hydrogen-bond acceptors (Lipinski definition) is 3. The summed E-state index contributed by atoms with van der Waals surface area (Å²) in [7, 11) is 0. The molecule has 4 aromatic rings. The van der Waals surface area contributed by atoms with Crippen LogP contribution < -0.4 is 0 Å². The van der Waals surface area contributed by atoms with E-state index in [9.17, 15) is 4.79 Å². The Bertz CT molecular complexity index is 1200. The van der Waals surface area contributed by atoms with Crippen LogP contribution in [0.15, 0.2) is 78.2 Å². The van der Waals surface area contributed by atoms with E-state index in [-0.39, 0.29) is 5.91 Å². The number of benzene rings is 2. The Balaban J connectivity index is 1.37. The van der Waals surface area contributed by atoms with Crippen molar-refractivity contribution in [3.05, 3.63) is 94.5 Å². The minimum atomic E-state index is 0.0263.